The van der Waals surface area contributed by atoms with Gasteiger partial charge in [-0.1, -0.05) is 152 Å². The Morgan fingerprint density at radius 1 is 0.431 bits per heavy atom. The van der Waals surface area contributed by atoms with E-state index in [9.17, 15) is 0 Å². The Morgan fingerprint density at radius 2 is 1.10 bits per heavy atom. The highest BCUT2D eigenvalue weighted by Crippen LogP contribution is 2.40. The van der Waals surface area contributed by atoms with Gasteiger partial charge in [0.15, 0.2) is 5.84 Å². The van der Waals surface area contributed by atoms with Crippen LogP contribution >= 0.6 is 0 Å². The van der Waals surface area contributed by atoms with E-state index in [4.69, 9.17) is 15.0 Å². The van der Waals surface area contributed by atoms with Crippen LogP contribution in [0.15, 0.2) is 210 Å². The summed E-state index contributed by atoms with van der Waals surface area (Å²) in [5.41, 5.74) is 10.4. The van der Waals surface area contributed by atoms with E-state index in [-0.39, 0.29) is 6.17 Å². The third-order valence-electron chi connectivity index (χ3n) is 11.2. The van der Waals surface area contributed by atoms with Crippen molar-refractivity contribution in [2.24, 2.45) is 9.98 Å². The minimum Gasteiger partial charge on any atom is -0.344 e. The Balaban J connectivity index is 1.12. The Kier molecular flexibility index (Phi) is 8.14. The molecule has 1 atom stereocenters. The summed E-state index contributed by atoms with van der Waals surface area (Å²) in [6, 6.07) is 66.3. The molecule has 272 valence electrons. The number of aliphatic imine (C=N–C) groups is 2. The van der Waals surface area contributed by atoms with Crippen molar-refractivity contribution in [2.75, 3.05) is 0 Å². The fourth-order valence-corrected chi connectivity index (χ4v) is 8.33. The summed E-state index contributed by atoms with van der Waals surface area (Å²) in [4.78, 5) is 20.2. The zero-order valence-corrected chi connectivity index (χ0v) is 31.4. The molecule has 0 fully saturated rings. The molecule has 0 saturated heterocycles. The minimum absolute atomic E-state index is 0.310. The van der Waals surface area contributed by atoms with Gasteiger partial charge in [-0.2, -0.15) is 0 Å². The molecular weight excluding hydrogens is 707 g/mol. The average Bonchev–Trinajstić information content (AvgIpc) is 3.31. The van der Waals surface area contributed by atoms with Gasteiger partial charge in [0.05, 0.1) is 11.2 Å². The number of benzene rings is 8. The van der Waals surface area contributed by atoms with Crippen LogP contribution in [0.1, 0.15) is 22.9 Å². The van der Waals surface area contributed by atoms with Gasteiger partial charge < -0.3 is 5.32 Å². The second-order valence-electron chi connectivity index (χ2n) is 14.7. The lowest BCUT2D eigenvalue weighted by Crippen LogP contribution is -2.33. The lowest BCUT2D eigenvalue weighted by Gasteiger charge is -2.24. The van der Waals surface area contributed by atoms with E-state index in [0.717, 1.165) is 88.5 Å². The Labute approximate surface area is 335 Å². The molecule has 1 aliphatic heterocycles. The van der Waals surface area contributed by atoms with Crippen LogP contribution in [-0.4, -0.2) is 21.6 Å². The second kappa shape index (κ2) is 14.1. The van der Waals surface area contributed by atoms with Gasteiger partial charge in [-0.15, -0.1) is 0 Å². The highest BCUT2D eigenvalue weighted by atomic mass is 15.2. The topological polar surface area (TPSA) is 62.5 Å². The normalized spacial score (nSPS) is 14.0. The van der Waals surface area contributed by atoms with Gasteiger partial charge in [0.2, 0.25) is 0 Å². The fourth-order valence-electron chi connectivity index (χ4n) is 8.33. The number of fused-ring (bicyclic) bond motifs is 5. The van der Waals surface area contributed by atoms with E-state index in [2.05, 4.69) is 174 Å². The van der Waals surface area contributed by atoms with Crippen LogP contribution in [0, 0.1) is 0 Å². The standard InChI is InChI=1S/C53H35N5/c1-3-14-35(15-4-1)51-56-52(36-16-5-2-6-17-36)58-53(57-51)41-31-39(38-24-23-34-13-7-8-18-37(34)29-38)30-40(32-41)42-25-26-47(44-20-10-9-19-43(42)44)50-48-33-54-28-27-45(48)46-21-11-12-22-49(46)55-50/h1-33,51H,(H,56,57,58). The molecule has 0 saturated carbocycles. The van der Waals surface area contributed by atoms with Crippen molar-refractivity contribution in [2.45, 2.75) is 6.17 Å². The molecule has 0 bridgehead atoms. The molecule has 58 heavy (non-hydrogen) atoms. The number of hydrogen-bond acceptors (Lipinski definition) is 5. The molecule has 5 heteroatoms. The van der Waals surface area contributed by atoms with Gasteiger partial charge in [0.25, 0.3) is 0 Å². The van der Waals surface area contributed by atoms with E-state index >= 15 is 0 Å². The average molecular weight is 742 g/mol. The molecule has 0 radical (unpaired) electrons. The third-order valence-corrected chi connectivity index (χ3v) is 11.2. The highest BCUT2D eigenvalue weighted by Gasteiger charge is 2.23. The molecule has 2 aromatic heterocycles. The maximum absolute atomic E-state index is 5.27. The first-order valence-electron chi connectivity index (χ1n) is 19.6. The molecule has 0 amide bonds. The molecule has 3 heterocycles. The number of nitrogens with one attached hydrogen (secondary N) is 1. The number of amidine groups is 2. The maximum Gasteiger partial charge on any atom is 0.159 e. The van der Waals surface area contributed by atoms with E-state index in [1.54, 1.807) is 0 Å². The minimum atomic E-state index is -0.310. The van der Waals surface area contributed by atoms with Crippen LogP contribution in [0.5, 0.6) is 0 Å². The lowest BCUT2D eigenvalue weighted by molar-refractivity contribution is 0.674. The van der Waals surface area contributed by atoms with Crippen LogP contribution < -0.4 is 5.32 Å². The highest BCUT2D eigenvalue weighted by molar-refractivity contribution is 6.16. The fraction of sp³-hybridized carbons (Fsp3) is 0.0189. The van der Waals surface area contributed by atoms with Crippen LogP contribution in [0.4, 0.5) is 0 Å². The molecule has 0 aliphatic carbocycles. The van der Waals surface area contributed by atoms with Crippen molar-refractivity contribution in [3.63, 3.8) is 0 Å². The Bertz CT molecular complexity index is 3260. The quantitative estimate of drug-likeness (QED) is 0.173. The maximum atomic E-state index is 5.27. The van der Waals surface area contributed by atoms with E-state index in [1.807, 2.05) is 36.7 Å². The summed E-state index contributed by atoms with van der Waals surface area (Å²) in [5, 5.41) is 11.7. The second-order valence-corrected chi connectivity index (χ2v) is 14.7. The molecule has 5 nitrogen and oxygen atoms in total. The summed E-state index contributed by atoms with van der Waals surface area (Å²) in [7, 11) is 0. The number of hydrogen-bond donors (Lipinski definition) is 1. The Hall–Kier alpha value is -7.76. The van der Waals surface area contributed by atoms with Gasteiger partial charge in [-0.3, -0.25) is 4.98 Å². The number of para-hydroxylation sites is 1. The zero-order chi connectivity index (χ0) is 38.4. The summed E-state index contributed by atoms with van der Waals surface area (Å²) in [6.07, 6.45) is 3.50. The SMILES string of the molecule is c1ccc(C2=NC(c3ccccc3)NC(c3cc(-c4ccc5ccccc5c4)cc(-c4ccc(-c5nc6ccccc6c6ccncc56)c5ccccc45)c3)=N2)cc1. The third kappa shape index (κ3) is 5.97. The summed E-state index contributed by atoms with van der Waals surface area (Å²) in [6.45, 7) is 0. The molecule has 10 aromatic rings. The van der Waals surface area contributed by atoms with Crippen molar-refractivity contribution in [3.8, 4) is 33.5 Å². The lowest BCUT2D eigenvalue weighted by atomic mass is 9.89. The Morgan fingerprint density at radius 3 is 1.95 bits per heavy atom. The van der Waals surface area contributed by atoms with Crippen molar-refractivity contribution >= 4 is 54.9 Å². The van der Waals surface area contributed by atoms with E-state index in [1.165, 1.54) is 10.8 Å². The first kappa shape index (κ1) is 33.6. The van der Waals surface area contributed by atoms with Gasteiger partial charge in [-0.05, 0) is 91.1 Å². The van der Waals surface area contributed by atoms with Crippen molar-refractivity contribution in [1.82, 2.24) is 15.3 Å². The van der Waals surface area contributed by atoms with Gasteiger partial charge >= 0.3 is 0 Å². The van der Waals surface area contributed by atoms with Crippen LogP contribution in [0.3, 0.4) is 0 Å². The summed E-state index contributed by atoms with van der Waals surface area (Å²) >= 11 is 0. The van der Waals surface area contributed by atoms with Gasteiger partial charge in [0.1, 0.15) is 12.0 Å². The molecule has 1 unspecified atom stereocenters. The van der Waals surface area contributed by atoms with E-state index in [0.29, 0.717) is 5.84 Å². The monoisotopic (exact) mass is 741 g/mol. The number of rotatable bonds is 6. The molecule has 1 aliphatic rings. The zero-order valence-electron chi connectivity index (χ0n) is 31.4. The molecule has 11 rings (SSSR count). The van der Waals surface area contributed by atoms with Crippen molar-refractivity contribution in [3.05, 3.63) is 217 Å². The predicted molar refractivity (Wildman–Crippen MR) is 240 cm³/mol. The van der Waals surface area contributed by atoms with Crippen molar-refractivity contribution in [1.29, 1.82) is 0 Å². The van der Waals surface area contributed by atoms with Gasteiger partial charge in [0, 0.05) is 39.9 Å². The first-order valence-corrected chi connectivity index (χ1v) is 19.6. The van der Waals surface area contributed by atoms with Crippen molar-refractivity contribution < 1.29 is 0 Å². The molecule has 0 spiro atoms. The smallest absolute Gasteiger partial charge is 0.159 e. The number of aromatic nitrogens is 2. The molecule has 8 aromatic carbocycles. The van der Waals surface area contributed by atoms with Crippen LogP contribution in [0.2, 0.25) is 0 Å². The van der Waals surface area contributed by atoms with Crippen LogP contribution in [0.25, 0.3) is 76.7 Å². The van der Waals surface area contributed by atoms with E-state index < -0.39 is 0 Å². The summed E-state index contributed by atoms with van der Waals surface area (Å²) in [5.74, 6) is 1.46. The summed E-state index contributed by atoms with van der Waals surface area (Å²) < 4.78 is 0. The van der Waals surface area contributed by atoms with Crippen LogP contribution in [-0.2, 0) is 0 Å². The molecular formula is C53H35N5. The number of nitrogens with zero attached hydrogens (tertiary/aromatic N) is 4. The van der Waals surface area contributed by atoms with Gasteiger partial charge in [-0.25, -0.2) is 15.0 Å². The largest absolute Gasteiger partial charge is 0.344 e. The molecule has 1 N–H and O–H groups in total. The number of pyridine rings is 2. The first-order chi connectivity index (χ1) is 28.7. The predicted octanol–water partition coefficient (Wildman–Crippen LogP) is 12.6.